The van der Waals surface area contributed by atoms with E-state index in [0.717, 1.165) is 12.5 Å². The Hall–Kier alpha value is -0.0800. The van der Waals surface area contributed by atoms with Crippen LogP contribution in [0.1, 0.15) is 78.6 Å². The average Bonchev–Trinajstić information content (AvgIpc) is 3.08. The first-order valence-electron chi connectivity index (χ1n) is 9.34. The van der Waals surface area contributed by atoms with E-state index < -0.39 is 0 Å². The Bertz CT molecular complexity index is 407. The second-order valence-corrected chi connectivity index (χ2v) is 9.44. The number of fused-ring (bicyclic) bond motifs is 2. The van der Waals surface area contributed by atoms with Gasteiger partial charge in [0, 0.05) is 18.7 Å². The van der Waals surface area contributed by atoms with Gasteiger partial charge in [-0.2, -0.15) is 0 Å². The second kappa shape index (κ2) is 4.71. The van der Waals surface area contributed by atoms with E-state index in [2.05, 4.69) is 26.1 Å². The van der Waals surface area contributed by atoms with E-state index in [0.29, 0.717) is 22.9 Å². The van der Waals surface area contributed by atoms with Gasteiger partial charge in [-0.1, -0.05) is 33.6 Å². The molecule has 120 valence electrons. The Kier molecular flexibility index (Phi) is 3.25. The van der Waals surface area contributed by atoms with Crippen molar-refractivity contribution < 1.29 is 4.74 Å². The van der Waals surface area contributed by atoms with Crippen LogP contribution in [0.15, 0.2) is 0 Å². The van der Waals surface area contributed by atoms with Crippen molar-refractivity contribution in [2.75, 3.05) is 6.61 Å². The molecular weight excluding hydrogens is 258 g/mol. The predicted molar refractivity (Wildman–Crippen MR) is 86.3 cm³/mol. The van der Waals surface area contributed by atoms with Crippen molar-refractivity contribution in [3.8, 4) is 0 Å². The molecule has 2 nitrogen and oxygen atoms in total. The summed E-state index contributed by atoms with van der Waals surface area (Å²) in [4.78, 5) is 0. The SMILES string of the molecule is CC12CCC(C1)C(C)(C)C2NC1CCOC2(CCCC2)C1. The summed E-state index contributed by atoms with van der Waals surface area (Å²) in [5, 5.41) is 4.15. The molecule has 4 unspecified atom stereocenters. The highest BCUT2D eigenvalue weighted by atomic mass is 16.5. The van der Waals surface area contributed by atoms with Crippen molar-refractivity contribution in [1.82, 2.24) is 5.32 Å². The van der Waals surface area contributed by atoms with Gasteiger partial charge >= 0.3 is 0 Å². The maximum Gasteiger partial charge on any atom is 0.0697 e. The van der Waals surface area contributed by atoms with Crippen LogP contribution in [0.25, 0.3) is 0 Å². The zero-order valence-electron chi connectivity index (χ0n) is 14.2. The molecule has 2 heteroatoms. The Balaban J connectivity index is 1.48. The lowest BCUT2D eigenvalue weighted by Crippen LogP contribution is -2.56. The molecule has 0 aromatic heterocycles. The van der Waals surface area contributed by atoms with Crippen molar-refractivity contribution in [2.24, 2.45) is 16.7 Å². The van der Waals surface area contributed by atoms with E-state index in [1.54, 1.807) is 0 Å². The third-order valence-corrected chi connectivity index (χ3v) is 7.68. The van der Waals surface area contributed by atoms with Gasteiger partial charge in [-0.25, -0.2) is 0 Å². The van der Waals surface area contributed by atoms with Gasteiger partial charge in [0.05, 0.1) is 5.60 Å². The van der Waals surface area contributed by atoms with Gasteiger partial charge in [0.1, 0.15) is 0 Å². The van der Waals surface area contributed by atoms with Crippen LogP contribution in [-0.4, -0.2) is 24.3 Å². The molecule has 4 aliphatic rings. The molecule has 3 aliphatic carbocycles. The fourth-order valence-electron chi connectivity index (χ4n) is 6.49. The lowest BCUT2D eigenvalue weighted by atomic mass is 9.68. The predicted octanol–water partition coefficient (Wildman–Crippen LogP) is 4.28. The van der Waals surface area contributed by atoms with Crippen LogP contribution in [0.2, 0.25) is 0 Å². The third kappa shape index (κ3) is 2.20. The maximum absolute atomic E-state index is 6.22. The number of hydrogen-bond donors (Lipinski definition) is 1. The molecule has 1 saturated heterocycles. The summed E-state index contributed by atoms with van der Waals surface area (Å²) < 4.78 is 6.22. The summed E-state index contributed by atoms with van der Waals surface area (Å²) in [6.45, 7) is 8.56. The van der Waals surface area contributed by atoms with Crippen molar-refractivity contribution in [3.05, 3.63) is 0 Å². The van der Waals surface area contributed by atoms with E-state index in [1.165, 1.54) is 57.8 Å². The van der Waals surface area contributed by atoms with Gasteiger partial charge < -0.3 is 10.1 Å². The van der Waals surface area contributed by atoms with Crippen molar-refractivity contribution in [3.63, 3.8) is 0 Å². The number of hydrogen-bond acceptors (Lipinski definition) is 2. The third-order valence-electron chi connectivity index (χ3n) is 7.68. The van der Waals surface area contributed by atoms with Crippen LogP contribution < -0.4 is 5.32 Å². The standard InChI is InChI=1S/C19H33NO/c1-17(2)14-6-10-18(3,12-14)16(17)20-15-7-11-21-19(13-15)8-4-5-9-19/h14-16,20H,4-13H2,1-3H3. The van der Waals surface area contributed by atoms with E-state index >= 15 is 0 Å². The fraction of sp³-hybridized carbons (Fsp3) is 1.00. The van der Waals surface area contributed by atoms with E-state index in [4.69, 9.17) is 4.74 Å². The van der Waals surface area contributed by atoms with Crippen LogP contribution in [0.5, 0.6) is 0 Å². The number of rotatable bonds is 2. The molecule has 0 aromatic rings. The monoisotopic (exact) mass is 291 g/mol. The highest BCUT2D eigenvalue weighted by Crippen LogP contribution is 2.62. The topological polar surface area (TPSA) is 21.3 Å². The minimum Gasteiger partial charge on any atom is -0.375 e. The van der Waals surface area contributed by atoms with Crippen molar-refractivity contribution >= 4 is 0 Å². The van der Waals surface area contributed by atoms with Gasteiger partial charge in [-0.05, 0) is 61.7 Å². The first-order chi connectivity index (χ1) is 9.94. The van der Waals surface area contributed by atoms with E-state index in [1.807, 2.05) is 0 Å². The maximum atomic E-state index is 6.22. The van der Waals surface area contributed by atoms with Crippen LogP contribution >= 0.6 is 0 Å². The van der Waals surface area contributed by atoms with E-state index in [9.17, 15) is 0 Å². The van der Waals surface area contributed by atoms with Crippen LogP contribution in [0, 0.1) is 16.7 Å². The Morgan fingerprint density at radius 3 is 2.38 bits per heavy atom. The zero-order valence-corrected chi connectivity index (χ0v) is 14.2. The van der Waals surface area contributed by atoms with Crippen molar-refractivity contribution in [1.29, 1.82) is 0 Å². The van der Waals surface area contributed by atoms with Crippen LogP contribution in [-0.2, 0) is 4.74 Å². The van der Waals surface area contributed by atoms with Gasteiger partial charge in [0.15, 0.2) is 0 Å². The molecule has 0 amide bonds. The summed E-state index contributed by atoms with van der Waals surface area (Å²) in [6, 6.07) is 1.41. The molecule has 1 heterocycles. The number of nitrogens with one attached hydrogen (secondary N) is 1. The van der Waals surface area contributed by atoms with Crippen molar-refractivity contribution in [2.45, 2.75) is 96.2 Å². The summed E-state index contributed by atoms with van der Waals surface area (Å²) in [6.07, 6.45) is 12.2. The Morgan fingerprint density at radius 2 is 1.71 bits per heavy atom. The molecule has 0 radical (unpaired) electrons. The van der Waals surface area contributed by atoms with Crippen LogP contribution in [0.3, 0.4) is 0 Å². The second-order valence-electron chi connectivity index (χ2n) is 9.44. The molecule has 1 N–H and O–H groups in total. The number of ether oxygens (including phenoxy) is 1. The highest BCUT2D eigenvalue weighted by molar-refractivity contribution is 5.13. The first-order valence-corrected chi connectivity index (χ1v) is 9.34. The molecule has 0 aromatic carbocycles. The van der Waals surface area contributed by atoms with Gasteiger partial charge in [-0.15, -0.1) is 0 Å². The first kappa shape index (κ1) is 14.5. The summed E-state index contributed by atoms with van der Waals surface area (Å²) in [5.74, 6) is 0.945. The Labute approximate surface area is 130 Å². The lowest BCUT2D eigenvalue weighted by molar-refractivity contribution is -0.0886. The van der Waals surface area contributed by atoms with E-state index in [-0.39, 0.29) is 5.60 Å². The quantitative estimate of drug-likeness (QED) is 0.820. The summed E-state index contributed by atoms with van der Waals surface area (Å²) in [7, 11) is 0. The molecule has 1 aliphatic heterocycles. The molecule has 4 fully saturated rings. The zero-order chi connectivity index (χ0) is 14.7. The molecule has 3 saturated carbocycles. The Morgan fingerprint density at radius 1 is 0.952 bits per heavy atom. The minimum atomic E-state index is 0.249. The average molecular weight is 291 g/mol. The van der Waals surface area contributed by atoms with Gasteiger partial charge in [-0.3, -0.25) is 0 Å². The molecule has 4 atom stereocenters. The van der Waals surface area contributed by atoms with Crippen LogP contribution in [0.4, 0.5) is 0 Å². The van der Waals surface area contributed by atoms with Gasteiger partial charge in [0.2, 0.25) is 0 Å². The smallest absolute Gasteiger partial charge is 0.0697 e. The fourth-order valence-corrected chi connectivity index (χ4v) is 6.49. The molecule has 4 rings (SSSR count). The summed E-state index contributed by atoms with van der Waals surface area (Å²) >= 11 is 0. The summed E-state index contributed by atoms with van der Waals surface area (Å²) in [5.41, 5.74) is 1.28. The lowest BCUT2D eigenvalue weighted by Gasteiger charge is -2.47. The largest absolute Gasteiger partial charge is 0.375 e. The normalized spacial score (nSPS) is 47.3. The molecular formula is C19H33NO. The molecule has 2 bridgehead atoms. The minimum absolute atomic E-state index is 0.249. The van der Waals surface area contributed by atoms with Gasteiger partial charge in [0.25, 0.3) is 0 Å². The highest BCUT2D eigenvalue weighted by Gasteiger charge is 2.59. The molecule has 21 heavy (non-hydrogen) atoms. The molecule has 1 spiro atoms.